The summed E-state index contributed by atoms with van der Waals surface area (Å²) >= 11 is 5.90. The molecule has 0 atom stereocenters. The molecule has 3 aromatic carbocycles. The third-order valence-corrected chi connectivity index (χ3v) is 6.95. The van der Waals surface area contributed by atoms with Crippen LogP contribution in [-0.2, 0) is 11.2 Å². The average Bonchev–Trinajstić information content (AvgIpc) is 2.92. The Morgan fingerprint density at radius 1 is 1.00 bits per heavy atom. The lowest BCUT2D eigenvalue weighted by Gasteiger charge is -2.35. The molecule has 1 heterocycles. The number of hydrogen-bond acceptors (Lipinski definition) is 4. The van der Waals surface area contributed by atoms with Gasteiger partial charge < -0.3 is 20.3 Å². The number of carbonyl (C=O) groups is 2. The highest BCUT2D eigenvalue weighted by Gasteiger charge is 2.24. The topological polar surface area (TPSA) is 70.7 Å². The van der Waals surface area contributed by atoms with E-state index >= 15 is 0 Å². The van der Waals surface area contributed by atoms with E-state index in [-0.39, 0.29) is 18.4 Å². The maximum Gasteiger partial charge on any atom is 0.262 e. The van der Waals surface area contributed by atoms with E-state index in [0.29, 0.717) is 40.4 Å². The van der Waals surface area contributed by atoms with Gasteiger partial charge in [0.15, 0.2) is 6.61 Å². The first-order valence-corrected chi connectivity index (χ1v) is 13.6. The van der Waals surface area contributed by atoms with Gasteiger partial charge in [-0.25, -0.2) is 0 Å². The lowest BCUT2D eigenvalue weighted by atomic mass is 9.89. The largest absolute Gasteiger partial charge is 0.484 e. The van der Waals surface area contributed by atoms with E-state index < -0.39 is 0 Å². The number of amides is 2. The highest BCUT2D eigenvalue weighted by molar-refractivity contribution is 6.30. The second-order valence-corrected chi connectivity index (χ2v) is 10.7. The summed E-state index contributed by atoms with van der Waals surface area (Å²) in [5, 5.41) is 6.50. The Kier molecular flexibility index (Phi) is 9.66. The lowest BCUT2D eigenvalue weighted by molar-refractivity contribution is -0.118. The van der Waals surface area contributed by atoms with E-state index in [4.69, 9.17) is 16.3 Å². The molecule has 1 saturated heterocycles. The Hall–Kier alpha value is -3.51. The summed E-state index contributed by atoms with van der Waals surface area (Å²) in [5.74, 6) is 1.09. The molecule has 0 spiro atoms. The van der Waals surface area contributed by atoms with Crippen molar-refractivity contribution in [2.75, 3.05) is 36.5 Å². The Morgan fingerprint density at radius 3 is 2.39 bits per heavy atom. The first kappa shape index (κ1) is 27.5. The van der Waals surface area contributed by atoms with Crippen LogP contribution in [0, 0.1) is 11.8 Å². The molecule has 1 fully saturated rings. The summed E-state index contributed by atoms with van der Waals surface area (Å²) < 4.78 is 5.55. The molecule has 6 nitrogen and oxygen atoms in total. The summed E-state index contributed by atoms with van der Waals surface area (Å²) in [5.41, 5.74) is 3.41. The van der Waals surface area contributed by atoms with Gasteiger partial charge >= 0.3 is 0 Å². The fourth-order valence-corrected chi connectivity index (χ4v) is 4.79. The molecule has 7 heteroatoms. The van der Waals surface area contributed by atoms with Crippen LogP contribution < -0.4 is 20.3 Å². The summed E-state index contributed by atoms with van der Waals surface area (Å²) in [6.07, 6.45) is 3.23. The van der Waals surface area contributed by atoms with Gasteiger partial charge in [-0.2, -0.15) is 0 Å². The minimum absolute atomic E-state index is 0.131. The third kappa shape index (κ3) is 7.99. The highest BCUT2D eigenvalue weighted by Crippen LogP contribution is 2.30. The number of piperidine rings is 1. The minimum atomic E-state index is -0.303. The molecule has 2 amide bonds. The van der Waals surface area contributed by atoms with Gasteiger partial charge in [0.2, 0.25) is 0 Å². The van der Waals surface area contributed by atoms with Crippen molar-refractivity contribution in [2.45, 2.75) is 33.1 Å². The molecule has 0 bridgehead atoms. The highest BCUT2D eigenvalue weighted by atomic mass is 35.5. The maximum atomic E-state index is 13.2. The van der Waals surface area contributed by atoms with Crippen LogP contribution in [0.25, 0.3) is 0 Å². The number of anilines is 2. The number of nitrogens with zero attached hydrogens (tertiary/aromatic N) is 1. The standard InChI is InChI=1S/C31H36ClN3O3/c1-22(2)20-33-31(37)28-19-26(34-30(36)21-38-27-11-8-25(32)9-12-27)10-13-29(28)35-16-14-24(15-17-35)18-23-6-4-3-5-7-23/h3-13,19,22,24H,14-18,20-21H2,1-2H3,(H,33,37)(H,34,36). The van der Waals surface area contributed by atoms with Crippen LogP contribution in [0.2, 0.25) is 5.02 Å². The smallest absolute Gasteiger partial charge is 0.262 e. The Labute approximate surface area is 230 Å². The molecule has 0 radical (unpaired) electrons. The lowest BCUT2D eigenvalue weighted by Crippen LogP contribution is -2.36. The van der Waals surface area contributed by atoms with Gasteiger partial charge in [0.25, 0.3) is 11.8 Å². The van der Waals surface area contributed by atoms with Crippen LogP contribution in [0.15, 0.2) is 72.8 Å². The molecule has 3 aromatic rings. The molecule has 0 unspecified atom stereocenters. The number of ether oxygens (including phenoxy) is 1. The molecular weight excluding hydrogens is 498 g/mol. The first-order chi connectivity index (χ1) is 18.4. The van der Waals surface area contributed by atoms with Crippen LogP contribution in [-0.4, -0.2) is 38.1 Å². The van der Waals surface area contributed by atoms with Gasteiger partial charge in [0, 0.05) is 36.0 Å². The first-order valence-electron chi connectivity index (χ1n) is 13.3. The molecule has 2 N–H and O–H groups in total. The van der Waals surface area contributed by atoms with Gasteiger partial charge in [-0.1, -0.05) is 55.8 Å². The van der Waals surface area contributed by atoms with Crippen LogP contribution in [0.3, 0.4) is 0 Å². The molecule has 0 saturated carbocycles. The van der Waals surface area contributed by atoms with Crippen LogP contribution in [0.4, 0.5) is 11.4 Å². The van der Waals surface area contributed by atoms with Crippen molar-refractivity contribution >= 4 is 34.8 Å². The molecule has 0 aliphatic carbocycles. The van der Waals surface area contributed by atoms with E-state index in [1.165, 1.54) is 5.56 Å². The zero-order chi connectivity index (χ0) is 26.9. The Balaban J connectivity index is 1.42. The van der Waals surface area contributed by atoms with Crippen molar-refractivity contribution in [2.24, 2.45) is 11.8 Å². The van der Waals surface area contributed by atoms with E-state index in [1.807, 2.05) is 12.1 Å². The van der Waals surface area contributed by atoms with E-state index in [0.717, 1.165) is 38.0 Å². The molecule has 200 valence electrons. The fraction of sp³-hybridized carbons (Fsp3) is 0.355. The number of rotatable bonds is 10. The second kappa shape index (κ2) is 13.3. The van der Waals surface area contributed by atoms with E-state index in [9.17, 15) is 9.59 Å². The summed E-state index contributed by atoms with van der Waals surface area (Å²) in [6.45, 7) is 6.35. The predicted molar refractivity (Wildman–Crippen MR) is 154 cm³/mol. The molecule has 0 aromatic heterocycles. The minimum Gasteiger partial charge on any atom is -0.484 e. The van der Waals surface area contributed by atoms with E-state index in [2.05, 4.69) is 59.7 Å². The van der Waals surface area contributed by atoms with Crippen LogP contribution >= 0.6 is 11.6 Å². The van der Waals surface area contributed by atoms with Crippen molar-refractivity contribution in [1.82, 2.24) is 5.32 Å². The van der Waals surface area contributed by atoms with Crippen molar-refractivity contribution in [3.05, 3.63) is 88.9 Å². The Bertz CT molecular complexity index is 1210. The van der Waals surface area contributed by atoms with Crippen molar-refractivity contribution in [1.29, 1.82) is 0 Å². The predicted octanol–water partition coefficient (Wildman–Crippen LogP) is 6.20. The second-order valence-electron chi connectivity index (χ2n) is 10.2. The van der Waals surface area contributed by atoms with Gasteiger partial charge in [-0.15, -0.1) is 0 Å². The average molecular weight is 534 g/mol. The number of benzene rings is 3. The molecule has 1 aliphatic rings. The zero-order valence-corrected chi connectivity index (χ0v) is 22.8. The number of hydrogen-bond donors (Lipinski definition) is 2. The van der Waals surface area contributed by atoms with Gasteiger partial charge in [0.1, 0.15) is 5.75 Å². The number of nitrogens with one attached hydrogen (secondary N) is 2. The normalized spacial score (nSPS) is 13.8. The summed E-state index contributed by atoms with van der Waals surface area (Å²) in [4.78, 5) is 28.0. The van der Waals surface area contributed by atoms with Gasteiger partial charge in [-0.05, 0) is 79.1 Å². The van der Waals surface area contributed by atoms with Crippen LogP contribution in [0.1, 0.15) is 42.6 Å². The summed E-state index contributed by atoms with van der Waals surface area (Å²) in [7, 11) is 0. The van der Waals surface area contributed by atoms with Crippen molar-refractivity contribution in [3.8, 4) is 5.75 Å². The molecule has 38 heavy (non-hydrogen) atoms. The third-order valence-electron chi connectivity index (χ3n) is 6.70. The molecule has 4 rings (SSSR count). The summed E-state index contributed by atoms with van der Waals surface area (Å²) in [6, 6.07) is 23.0. The van der Waals surface area contributed by atoms with E-state index in [1.54, 1.807) is 30.3 Å². The SMILES string of the molecule is CC(C)CNC(=O)c1cc(NC(=O)COc2ccc(Cl)cc2)ccc1N1CCC(Cc2ccccc2)CC1. The van der Waals surface area contributed by atoms with Crippen LogP contribution in [0.5, 0.6) is 5.75 Å². The molecule has 1 aliphatic heterocycles. The zero-order valence-electron chi connectivity index (χ0n) is 22.1. The maximum absolute atomic E-state index is 13.2. The quantitative estimate of drug-likeness (QED) is 0.325. The fourth-order valence-electron chi connectivity index (χ4n) is 4.67. The number of carbonyl (C=O) groups excluding carboxylic acids is 2. The van der Waals surface area contributed by atoms with Crippen molar-refractivity contribution < 1.29 is 14.3 Å². The van der Waals surface area contributed by atoms with Crippen molar-refractivity contribution in [3.63, 3.8) is 0 Å². The van der Waals surface area contributed by atoms with Gasteiger partial charge in [-0.3, -0.25) is 9.59 Å². The van der Waals surface area contributed by atoms with Gasteiger partial charge in [0.05, 0.1) is 5.56 Å². The molecular formula is C31H36ClN3O3. The number of halogens is 1. The Morgan fingerprint density at radius 2 is 1.71 bits per heavy atom. The monoisotopic (exact) mass is 533 g/mol.